The number of benzene rings is 2. The fourth-order valence-electron chi connectivity index (χ4n) is 3.11. The Morgan fingerprint density at radius 3 is 3.04 bits per heavy atom. The first-order valence-corrected chi connectivity index (χ1v) is 8.24. The minimum atomic E-state index is -0.0871. The molecule has 2 aromatic carbocycles. The molecule has 2 N–H and O–H groups in total. The molecule has 4 rings (SSSR count). The minimum Gasteiger partial charge on any atom is -0.331 e. The highest BCUT2D eigenvalue weighted by Gasteiger charge is 2.25. The first kappa shape index (κ1) is 15.0. The Hall–Kier alpha value is -2.53. The van der Waals surface area contributed by atoms with E-state index in [9.17, 15) is 4.79 Å². The van der Waals surface area contributed by atoms with Gasteiger partial charge < -0.3 is 10.2 Å². The highest BCUT2D eigenvalue weighted by molar-refractivity contribution is 6.31. The number of fused-ring (bicyclic) bond motifs is 2. The van der Waals surface area contributed by atoms with Crippen LogP contribution in [0.1, 0.15) is 29.7 Å². The van der Waals surface area contributed by atoms with Gasteiger partial charge in [0, 0.05) is 23.5 Å². The lowest BCUT2D eigenvalue weighted by Crippen LogP contribution is -2.37. The van der Waals surface area contributed by atoms with Gasteiger partial charge in [-0.05, 0) is 41.8 Å². The summed E-state index contributed by atoms with van der Waals surface area (Å²) in [5.74, 6) is 0. The highest BCUT2D eigenvalue weighted by Crippen LogP contribution is 2.29. The molecule has 24 heavy (non-hydrogen) atoms. The van der Waals surface area contributed by atoms with Gasteiger partial charge in [-0.2, -0.15) is 5.10 Å². The molecule has 0 bridgehead atoms. The molecule has 0 spiro atoms. The molecule has 0 saturated heterocycles. The predicted octanol–water partition coefficient (Wildman–Crippen LogP) is 4.00. The van der Waals surface area contributed by atoms with Crippen molar-refractivity contribution in [2.75, 3.05) is 0 Å². The Morgan fingerprint density at radius 1 is 1.33 bits per heavy atom. The number of nitrogens with one attached hydrogen (secondary N) is 2. The molecule has 3 aromatic rings. The van der Waals surface area contributed by atoms with Crippen molar-refractivity contribution in [3.05, 3.63) is 64.3 Å². The van der Waals surface area contributed by atoms with Crippen molar-refractivity contribution in [1.29, 1.82) is 0 Å². The van der Waals surface area contributed by atoms with E-state index in [0.29, 0.717) is 13.1 Å². The Morgan fingerprint density at radius 2 is 2.21 bits per heavy atom. The number of carbonyl (C=O) groups is 1. The Labute approximate surface area is 144 Å². The van der Waals surface area contributed by atoms with Crippen LogP contribution in [0.5, 0.6) is 0 Å². The second kappa shape index (κ2) is 5.83. The second-order valence-corrected chi connectivity index (χ2v) is 6.53. The van der Waals surface area contributed by atoms with Crippen LogP contribution in [0.2, 0.25) is 5.02 Å². The third-order valence-electron chi connectivity index (χ3n) is 4.52. The van der Waals surface area contributed by atoms with E-state index in [-0.39, 0.29) is 12.1 Å². The molecule has 1 aliphatic rings. The van der Waals surface area contributed by atoms with Crippen molar-refractivity contribution in [3.8, 4) is 0 Å². The van der Waals surface area contributed by atoms with Crippen molar-refractivity contribution in [1.82, 2.24) is 20.4 Å². The maximum absolute atomic E-state index is 12.6. The van der Waals surface area contributed by atoms with E-state index >= 15 is 0 Å². The zero-order valence-corrected chi connectivity index (χ0v) is 14.0. The molecule has 1 aliphatic heterocycles. The van der Waals surface area contributed by atoms with Crippen molar-refractivity contribution >= 4 is 28.5 Å². The van der Waals surface area contributed by atoms with Crippen molar-refractivity contribution in [2.45, 2.75) is 26.1 Å². The summed E-state index contributed by atoms with van der Waals surface area (Å²) >= 11 is 6.22. The van der Waals surface area contributed by atoms with E-state index in [1.165, 1.54) is 0 Å². The van der Waals surface area contributed by atoms with E-state index in [1.807, 2.05) is 43.3 Å². The van der Waals surface area contributed by atoms with E-state index < -0.39 is 0 Å². The van der Waals surface area contributed by atoms with Gasteiger partial charge in [-0.25, -0.2) is 4.79 Å². The lowest BCUT2D eigenvalue weighted by atomic mass is 10.1. The third-order valence-corrected chi connectivity index (χ3v) is 4.87. The molecule has 2 heterocycles. The molecule has 5 nitrogen and oxygen atoms in total. The first-order chi connectivity index (χ1) is 11.6. The summed E-state index contributed by atoms with van der Waals surface area (Å²) in [4.78, 5) is 14.4. The molecule has 122 valence electrons. The molecule has 1 aromatic heterocycles. The lowest BCUT2D eigenvalue weighted by Gasteiger charge is -2.21. The van der Waals surface area contributed by atoms with E-state index in [1.54, 1.807) is 11.1 Å². The summed E-state index contributed by atoms with van der Waals surface area (Å²) in [7, 11) is 0. The number of hydrogen-bond donors (Lipinski definition) is 2. The number of nitrogens with zero attached hydrogens (tertiary/aromatic N) is 2. The second-order valence-electron chi connectivity index (χ2n) is 6.12. The van der Waals surface area contributed by atoms with Gasteiger partial charge >= 0.3 is 6.03 Å². The average Bonchev–Trinajstić information content (AvgIpc) is 3.21. The van der Waals surface area contributed by atoms with Crippen molar-refractivity contribution < 1.29 is 4.79 Å². The molecule has 6 heteroatoms. The summed E-state index contributed by atoms with van der Waals surface area (Å²) in [6.45, 7) is 3.12. The Kier molecular flexibility index (Phi) is 3.65. The largest absolute Gasteiger partial charge is 0.331 e. The Bertz CT molecular complexity index is 920. The smallest absolute Gasteiger partial charge is 0.318 e. The van der Waals surface area contributed by atoms with Gasteiger partial charge in [0.05, 0.1) is 17.8 Å². The van der Waals surface area contributed by atoms with Crippen LogP contribution >= 0.6 is 11.6 Å². The van der Waals surface area contributed by atoms with Crippen LogP contribution in [-0.2, 0) is 13.1 Å². The van der Waals surface area contributed by atoms with Gasteiger partial charge in [-0.1, -0.05) is 29.8 Å². The molecule has 0 radical (unpaired) electrons. The minimum absolute atomic E-state index is 0.0814. The van der Waals surface area contributed by atoms with Gasteiger partial charge in [-0.15, -0.1) is 0 Å². The van der Waals surface area contributed by atoms with Crippen LogP contribution in [0.3, 0.4) is 0 Å². The summed E-state index contributed by atoms with van der Waals surface area (Å²) in [6, 6.07) is 11.7. The van der Waals surface area contributed by atoms with Gasteiger partial charge in [-0.3, -0.25) is 5.10 Å². The fraction of sp³-hybridized carbons (Fsp3) is 0.222. The topological polar surface area (TPSA) is 61.0 Å². The fourth-order valence-corrected chi connectivity index (χ4v) is 3.37. The number of rotatable bonds is 2. The number of halogens is 1. The number of H-pyrrole nitrogens is 1. The monoisotopic (exact) mass is 340 g/mol. The number of amides is 2. The standard InChI is InChI=1S/C18H17ClN4O/c1-11(12-5-6-17-14(7-12)8-20-22-17)21-18(24)23-9-13-3-2-4-16(19)15(13)10-23/h2-8,11H,9-10H2,1H3,(H,20,22)(H,21,24). The van der Waals surface area contributed by atoms with Gasteiger partial charge in [0.2, 0.25) is 0 Å². The number of aromatic nitrogens is 2. The van der Waals surface area contributed by atoms with Crippen LogP contribution < -0.4 is 5.32 Å². The summed E-state index contributed by atoms with van der Waals surface area (Å²) in [6.07, 6.45) is 1.78. The zero-order chi connectivity index (χ0) is 16.7. The van der Waals surface area contributed by atoms with Crippen LogP contribution in [-0.4, -0.2) is 21.1 Å². The number of carbonyl (C=O) groups excluding carboxylic acids is 1. The van der Waals surface area contributed by atoms with Gasteiger partial charge in [0.1, 0.15) is 0 Å². The summed E-state index contributed by atoms with van der Waals surface area (Å²) < 4.78 is 0. The van der Waals surface area contributed by atoms with Gasteiger partial charge in [0.25, 0.3) is 0 Å². The molecular weight excluding hydrogens is 324 g/mol. The highest BCUT2D eigenvalue weighted by atomic mass is 35.5. The average molecular weight is 341 g/mol. The lowest BCUT2D eigenvalue weighted by molar-refractivity contribution is 0.195. The molecule has 0 fully saturated rings. The predicted molar refractivity (Wildman–Crippen MR) is 93.7 cm³/mol. The molecule has 1 unspecified atom stereocenters. The third kappa shape index (κ3) is 2.61. The van der Waals surface area contributed by atoms with Crippen LogP contribution in [0, 0.1) is 0 Å². The van der Waals surface area contributed by atoms with E-state index in [0.717, 1.165) is 32.6 Å². The van der Waals surface area contributed by atoms with E-state index in [2.05, 4.69) is 15.5 Å². The van der Waals surface area contributed by atoms with Crippen LogP contribution in [0.4, 0.5) is 4.79 Å². The number of urea groups is 1. The quantitative estimate of drug-likeness (QED) is 0.740. The maximum Gasteiger partial charge on any atom is 0.318 e. The summed E-state index contributed by atoms with van der Waals surface area (Å²) in [5.41, 5.74) is 4.20. The molecular formula is C18H17ClN4O. The number of aromatic amines is 1. The SMILES string of the molecule is CC(NC(=O)N1Cc2cccc(Cl)c2C1)c1ccc2[nH]ncc2c1. The van der Waals surface area contributed by atoms with E-state index in [4.69, 9.17) is 11.6 Å². The zero-order valence-electron chi connectivity index (χ0n) is 13.2. The van der Waals surface area contributed by atoms with Gasteiger partial charge in [0.15, 0.2) is 0 Å². The van der Waals surface area contributed by atoms with Crippen LogP contribution in [0.25, 0.3) is 10.9 Å². The first-order valence-electron chi connectivity index (χ1n) is 7.86. The Balaban J connectivity index is 1.47. The summed E-state index contributed by atoms with van der Waals surface area (Å²) in [5, 5.41) is 11.8. The molecule has 0 aliphatic carbocycles. The normalized spacial score (nSPS) is 14.7. The number of hydrogen-bond acceptors (Lipinski definition) is 2. The molecule has 2 amide bonds. The maximum atomic E-state index is 12.6. The van der Waals surface area contributed by atoms with Crippen molar-refractivity contribution in [2.24, 2.45) is 0 Å². The van der Waals surface area contributed by atoms with Crippen LogP contribution in [0.15, 0.2) is 42.6 Å². The molecule has 1 atom stereocenters. The molecule has 0 saturated carbocycles. The van der Waals surface area contributed by atoms with Crippen molar-refractivity contribution in [3.63, 3.8) is 0 Å².